The molecule has 0 radical (unpaired) electrons. The molecule has 2 aromatic rings. The monoisotopic (exact) mass is 427 g/mol. The van der Waals surface area contributed by atoms with E-state index in [1.807, 2.05) is 17.5 Å². The number of thiazole rings is 1. The number of nitrogens with zero attached hydrogens (tertiary/aromatic N) is 2. The lowest BCUT2D eigenvalue weighted by Gasteiger charge is -2.31. The number of hydrogen-bond acceptors (Lipinski definition) is 5. The van der Waals surface area contributed by atoms with Crippen molar-refractivity contribution in [1.29, 1.82) is 0 Å². The highest BCUT2D eigenvalue weighted by atomic mass is 35.5. The first-order valence-corrected chi connectivity index (χ1v) is 10.2. The van der Waals surface area contributed by atoms with Crippen LogP contribution in [0.3, 0.4) is 0 Å². The number of halogens is 2. The third-order valence-corrected chi connectivity index (χ3v) is 6.31. The molecule has 3 rings (SSSR count). The number of amides is 1. The standard InChI is InChI=1S/C18H19Cl2N3O3S/c1-10(17(25)26)21-16(24)11-5-7-23(8-6-11)18-22-14(9-27-18)12-3-2-4-13(19)15(12)20/h2-4,9-11H,5-8H2,1H3,(H,21,24)(H,25,26). The maximum absolute atomic E-state index is 12.2. The van der Waals surface area contributed by atoms with Gasteiger partial charge in [0.25, 0.3) is 0 Å². The number of benzene rings is 1. The van der Waals surface area contributed by atoms with Gasteiger partial charge in [0.1, 0.15) is 6.04 Å². The first kappa shape index (κ1) is 19.9. The smallest absolute Gasteiger partial charge is 0.325 e. The molecule has 9 heteroatoms. The maximum atomic E-state index is 12.2. The van der Waals surface area contributed by atoms with Gasteiger partial charge in [0.05, 0.1) is 15.7 Å². The molecule has 2 heterocycles. The van der Waals surface area contributed by atoms with E-state index >= 15 is 0 Å². The van der Waals surface area contributed by atoms with E-state index in [1.54, 1.807) is 6.07 Å². The molecule has 0 spiro atoms. The Bertz CT molecular complexity index is 850. The number of carbonyl (C=O) groups is 2. The Labute approximate surface area is 171 Å². The van der Waals surface area contributed by atoms with Crippen LogP contribution in [0.2, 0.25) is 10.0 Å². The fraction of sp³-hybridized carbons (Fsp3) is 0.389. The molecule has 0 saturated carbocycles. The summed E-state index contributed by atoms with van der Waals surface area (Å²) in [5, 5.41) is 15.2. The minimum absolute atomic E-state index is 0.176. The second-order valence-electron chi connectivity index (χ2n) is 6.45. The number of anilines is 1. The molecule has 6 nitrogen and oxygen atoms in total. The van der Waals surface area contributed by atoms with Crippen molar-refractivity contribution in [2.75, 3.05) is 18.0 Å². The molecule has 2 N–H and O–H groups in total. The number of aromatic nitrogens is 1. The summed E-state index contributed by atoms with van der Waals surface area (Å²) in [6, 6.07) is 4.58. The minimum atomic E-state index is -1.03. The van der Waals surface area contributed by atoms with E-state index in [-0.39, 0.29) is 11.8 Å². The molecule has 27 heavy (non-hydrogen) atoms. The van der Waals surface area contributed by atoms with E-state index in [0.717, 1.165) is 16.4 Å². The van der Waals surface area contributed by atoms with Gasteiger partial charge in [-0.3, -0.25) is 9.59 Å². The van der Waals surface area contributed by atoms with Gasteiger partial charge >= 0.3 is 5.97 Å². The summed E-state index contributed by atoms with van der Waals surface area (Å²) in [7, 11) is 0. The van der Waals surface area contributed by atoms with Crippen LogP contribution in [0.4, 0.5) is 5.13 Å². The zero-order chi connectivity index (χ0) is 19.6. The second kappa shape index (κ2) is 8.46. The molecule has 144 valence electrons. The largest absolute Gasteiger partial charge is 0.480 e. The predicted octanol–water partition coefficient (Wildman–Crippen LogP) is 3.92. The number of aliphatic carboxylic acids is 1. The van der Waals surface area contributed by atoms with Crippen molar-refractivity contribution in [3.05, 3.63) is 33.6 Å². The zero-order valence-electron chi connectivity index (χ0n) is 14.6. The van der Waals surface area contributed by atoms with E-state index in [0.29, 0.717) is 36.0 Å². The van der Waals surface area contributed by atoms with Gasteiger partial charge in [-0.1, -0.05) is 35.3 Å². The van der Waals surface area contributed by atoms with Crippen molar-refractivity contribution in [3.63, 3.8) is 0 Å². The summed E-state index contributed by atoms with van der Waals surface area (Å²) in [6.07, 6.45) is 1.32. The fourth-order valence-electron chi connectivity index (χ4n) is 2.96. The van der Waals surface area contributed by atoms with Gasteiger partial charge in [-0.15, -0.1) is 11.3 Å². The third-order valence-electron chi connectivity index (χ3n) is 4.59. The highest BCUT2D eigenvalue weighted by Gasteiger charge is 2.28. The van der Waals surface area contributed by atoms with Gasteiger partial charge < -0.3 is 15.3 Å². The van der Waals surface area contributed by atoms with Crippen LogP contribution in [0.5, 0.6) is 0 Å². The SMILES string of the molecule is CC(NC(=O)C1CCN(c2nc(-c3cccc(Cl)c3Cl)cs2)CC1)C(=O)O. The number of hydrogen-bond donors (Lipinski definition) is 2. The Morgan fingerprint density at radius 1 is 1.33 bits per heavy atom. The molecule has 1 aromatic heterocycles. The molecular formula is C18H19Cl2N3O3S. The van der Waals surface area contributed by atoms with Crippen LogP contribution < -0.4 is 10.2 Å². The van der Waals surface area contributed by atoms with Gasteiger partial charge in [0.2, 0.25) is 5.91 Å². The lowest BCUT2D eigenvalue weighted by atomic mass is 9.96. The van der Waals surface area contributed by atoms with E-state index < -0.39 is 12.0 Å². The molecule has 1 aliphatic heterocycles. The van der Waals surface area contributed by atoms with Crippen LogP contribution >= 0.6 is 34.5 Å². The van der Waals surface area contributed by atoms with Gasteiger partial charge in [0.15, 0.2) is 5.13 Å². The molecule has 0 aliphatic carbocycles. The Morgan fingerprint density at radius 2 is 2.04 bits per heavy atom. The number of carboxylic acid groups (broad SMARTS) is 1. The van der Waals surface area contributed by atoms with Crippen molar-refractivity contribution in [1.82, 2.24) is 10.3 Å². The molecule has 1 aliphatic rings. The summed E-state index contributed by atoms with van der Waals surface area (Å²) >= 11 is 13.9. The second-order valence-corrected chi connectivity index (χ2v) is 8.07. The fourth-order valence-corrected chi connectivity index (χ4v) is 4.24. The predicted molar refractivity (Wildman–Crippen MR) is 108 cm³/mol. The number of nitrogens with one attached hydrogen (secondary N) is 1. The van der Waals surface area contributed by atoms with Crippen LogP contribution in [0.15, 0.2) is 23.6 Å². The van der Waals surface area contributed by atoms with E-state index in [1.165, 1.54) is 18.3 Å². The van der Waals surface area contributed by atoms with E-state index in [2.05, 4.69) is 15.2 Å². The number of carbonyl (C=O) groups excluding carboxylic acids is 1. The molecule has 1 amide bonds. The van der Waals surface area contributed by atoms with E-state index in [4.69, 9.17) is 28.3 Å². The van der Waals surface area contributed by atoms with Crippen molar-refractivity contribution in [2.24, 2.45) is 5.92 Å². The third kappa shape index (κ3) is 4.54. The van der Waals surface area contributed by atoms with Crippen molar-refractivity contribution < 1.29 is 14.7 Å². The summed E-state index contributed by atoms with van der Waals surface area (Å²) < 4.78 is 0. The summed E-state index contributed by atoms with van der Waals surface area (Å²) in [5.41, 5.74) is 1.57. The van der Waals surface area contributed by atoms with Gasteiger partial charge in [0, 0.05) is 30.0 Å². The lowest BCUT2D eigenvalue weighted by molar-refractivity contribution is -0.142. The van der Waals surface area contributed by atoms with Crippen molar-refractivity contribution >= 4 is 51.5 Å². The van der Waals surface area contributed by atoms with Crippen molar-refractivity contribution in [2.45, 2.75) is 25.8 Å². The summed E-state index contributed by atoms with van der Waals surface area (Å²) in [5.74, 6) is -1.41. The highest BCUT2D eigenvalue weighted by molar-refractivity contribution is 7.14. The molecule has 1 aromatic carbocycles. The lowest BCUT2D eigenvalue weighted by Crippen LogP contribution is -2.45. The van der Waals surface area contributed by atoms with Crippen LogP contribution in [0.25, 0.3) is 11.3 Å². The molecule has 0 bridgehead atoms. The normalized spacial score (nSPS) is 16.2. The Morgan fingerprint density at radius 3 is 2.70 bits per heavy atom. The molecule has 1 unspecified atom stereocenters. The van der Waals surface area contributed by atoms with Crippen molar-refractivity contribution in [3.8, 4) is 11.3 Å². The highest BCUT2D eigenvalue weighted by Crippen LogP contribution is 2.36. The minimum Gasteiger partial charge on any atom is -0.480 e. The quantitative estimate of drug-likeness (QED) is 0.755. The van der Waals surface area contributed by atoms with Gasteiger partial charge in [-0.2, -0.15) is 0 Å². The first-order chi connectivity index (χ1) is 12.9. The average Bonchev–Trinajstić information content (AvgIpc) is 3.13. The molecule has 1 saturated heterocycles. The summed E-state index contributed by atoms with van der Waals surface area (Å²) in [6.45, 7) is 2.85. The molecular weight excluding hydrogens is 409 g/mol. The number of carboxylic acids is 1. The topological polar surface area (TPSA) is 82.5 Å². The average molecular weight is 428 g/mol. The van der Waals surface area contributed by atoms with Gasteiger partial charge in [-0.25, -0.2) is 4.98 Å². The van der Waals surface area contributed by atoms with E-state index in [9.17, 15) is 9.59 Å². The van der Waals surface area contributed by atoms with Crippen LogP contribution in [-0.2, 0) is 9.59 Å². The Hall–Kier alpha value is -1.83. The Balaban J connectivity index is 1.62. The number of piperidine rings is 1. The van der Waals surface area contributed by atoms with Crippen LogP contribution in [0.1, 0.15) is 19.8 Å². The molecule has 1 fully saturated rings. The van der Waals surface area contributed by atoms with Crippen LogP contribution in [0, 0.1) is 5.92 Å². The summed E-state index contributed by atoms with van der Waals surface area (Å²) in [4.78, 5) is 29.9. The van der Waals surface area contributed by atoms with Gasteiger partial charge in [-0.05, 0) is 25.8 Å². The first-order valence-electron chi connectivity index (χ1n) is 8.55. The molecule has 1 atom stereocenters. The maximum Gasteiger partial charge on any atom is 0.325 e. The number of rotatable bonds is 5. The Kier molecular flexibility index (Phi) is 6.24. The van der Waals surface area contributed by atoms with Crippen LogP contribution in [-0.4, -0.2) is 41.1 Å². The zero-order valence-corrected chi connectivity index (χ0v) is 16.9.